The highest BCUT2D eigenvalue weighted by Gasteiger charge is 2.36. The van der Waals surface area contributed by atoms with Gasteiger partial charge in [-0.2, -0.15) is 0 Å². The molecule has 3 heteroatoms. The van der Waals surface area contributed by atoms with Crippen molar-refractivity contribution in [2.45, 2.75) is 52.0 Å². The predicted molar refractivity (Wildman–Crippen MR) is 61.9 cm³/mol. The second kappa shape index (κ2) is 4.56. The highest BCUT2D eigenvalue weighted by molar-refractivity contribution is 6.00. The van der Waals surface area contributed by atoms with Crippen LogP contribution in [-0.2, 0) is 9.59 Å². The van der Waals surface area contributed by atoms with E-state index in [1.54, 1.807) is 0 Å². The van der Waals surface area contributed by atoms with Gasteiger partial charge in [0.25, 0.3) is 0 Å². The summed E-state index contributed by atoms with van der Waals surface area (Å²) >= 11 is 0. The van der Waals surface area contributed by atoms with Crippen molar-refractivity contribution in [1.82, 2.24) is 4.90 Å². The molecule has 1 saturated heterocycles. The number of piperidine rings is 1. The van der Waals surface area contributed by atoms with Gasteiger partial charge in [-0.1, -0.05) is 26.7 Å². The van der Waals surface area contributed by atoms with Gasteiger partial charge in [-0.05, 0) is 18.3 Å². The maximum Gasteiger partial charge on any atom is 0.230 e. The molecule has 1 aliphatic heterocycles. The summed E-state index contributed by atoms with van der Waals surface area (Å²) in [5, 5.41) is 0. The average Bonchev–Trinajstić information content (AvgIpc) is 2.23. The molecule has 0 aromatic rings. The lowest BCUT2D eigenvalue weighted by molar-refractivity contribution is -0.143. The Labute approximate surface area is 97.2 Å². The molecule has 0 aromatic heterocycles. The summed E-state index contributed by atoms with van der Waals surface area (Å²) < 4.78 is 0. The molecule has 0 N–H and O–H groups in total. The van der Waals surface area contributed by atoms with Crippen LogP contribution in [0.25, 0.3) is 0 Å². The molecule has 2 fully saturated rings. The van der Waals surface area contributed by atoms with Gasteiger partial charge in [0.15, 0.2) is 0 Å². The van der Waals surface area contributed by atoms with Crippen LogP contribution in [0.2, 0.25) is 0 Å². The second-order valence-electron chi connectivity index (χ2n) is 5.39. The summed E-state index contributed by atoms with van der Waals surface area (Å²) in [5.74, 6) is 1.44. The fourth-order valence-corrected chi connectivity index (χ4v) is 3.07. The molecule has 1 saturated carbocycles. The third kappa shape index (κ3) is 2.13. The van der Waals surface area contributed by atoms with E-state index in [0.29, 0.717) is 30.8 Å². The molecule has 0 spiro atoms. The zero-order chi connectivity index (χ0) is 11.7. The largest absolute Gasteiger partial charge is 0.339 e. The molecule has 0 aromatic carbocycles. The van der Waals surface area contributed by atoms with Crippen LogP contribution in [0.15, 0.2) is 0 Å². The average molecular weight is 223 g/mol. The van der Waals surface area contributed by atoms with Crippen molar-refractivity contribution in [3.05, 3.63) is 0 Å². The molecular weight excluding hydrogens is 202 g/mol. The number of carbonyl (C=O) groups is 2. The standard InChI is InChI=1S/C13H21NO2/c1-9-4-3-5-12(10(9)2)14-7-6-11(15)8-13(14)16/h9-10,12H,3-8H2,1-2H3. The summed E-state index contributed by atoms with van der Waals surface area (Å²) in [4.78, 5) is 25.0. The number of hydrogen-bond donors (Lipinski definition) is 0. The van der Waals surface area contributed by atoms with Crippen LogP contribution in [0.4, 0.5) is 0 Å². The molecular formula is C13H21NO2. The number of nitrogens with zero attached hydrogens (tertiary/aromatic N) is 1. The van der Waals surface area contributed by atoms with Crippen LogP contribution < -0.4 is 0 Å². The van der Waals surface area contributed by atoms with Gasteiger partial charge in [-0.3, -0.25) is 9.59 Å². The van der Waals surface area contributed by atoms with Crippen LogP contribution in [0.1, 0.15) is 46.0 Å². The topological polar surface area (TPSA) is 37.4 Å². The number of rotatable bonds is 1. The lowest BCUT2D eigenvalue weighted by Crippen LogP contribution is -2.50. The number of Topliss-reactive ketones (excluding diaryl/α,β-unsaturated/α-hetero) is 1. The summed E-state index contributed by atoms with van der Waals surface area (Å²) in [5.41, 5.74) is 0. The quantitative estimate of drug-likeness (QED) is 0.638. The normalized spacial score (nSPS) is 36.6. The van der Waals surface area contributed by atoms with Crippen LogP contribution in [0.3, 0.4) is 0 Å². The second-order valence-corrected chi connectivity index (χ2v) is 5.39. The molecule has 2 rings (SSSR count). The van der Waals surface area contributed by atoms with Gasteiger partial charge < -0.3 is 4.90 Å². The van der Waals surface area contributed by atoms with Gasteiger partial charge in [0.2, 0.25) is 5.91 Å². The van der Waals surface area contributed by atoms with E-state index in [-0.39, 0.29) is 18.1 Å². The molecule has 1 aliphatic carbocycles. The smallest absolute Gasteiger partial charge is 0.230 e. The fourth-order valence-electron chi connectivity index (χ4n) is 3.07. The van der Waals surface area contributed by atoms with Crippen molar-refractivity contribution in [2.75, 3.05) is 6.54 Å². The van der Waals surface area contributed by atoms with Crippen molar-refractivity contribution in [1.29, 1.82) is 0 Å². The number of hydrogen-bond acceptors (Lipinski definition) is 2. The first-order valence-corrected chi connectivity index (χ1v) is 6.40. The Balaban J connectivity index is 2.06. The molecule has 1 amide bonds. The highest BCUT2D eigenvalue weighted by Crippen LogP contribution is 2.33. The van der Waals surface area contributed by atoms with Gasteiger partial charge in [0, 0.05) is 19.0 Å². The van der Waals surface area contributed by atoms with Crippen LogP contribution in [-0.4, -0.2) is 29.2 Å². The SMILES string of the molecule is CC1CCCC(N2CCC(=O)CC2=O)C1C. The molecule has 3 atom stereocenters. The van der Waals surface area contributed by atoms with Crippen molar-refractivity contribution < 1.29 is 9.59 Å². The maximum absolute atomic E-state index is 11.9. The van der Waals surface area contributed by atoms with Crippen LogP contribution >= 0.6 is 0 Å². The van der Waals surface area contributed by atoms with Crippen molar-refractivity contribution in [3.63, 3.8) is 0 Å². The van der Waals surface area contributed by atoms with E-state index in [2.05, 4.69) is 13.8 Å². The number of likely N-dealkylation sites (tertiary alicyclic amines) is 1. The maximum atomic E-state index is 11.9. The lowest BCUT2D eigenvalue weighted by atomic mass is 9.77. The van der Waals surface area contributed by atoms with Crippen LogP contribution in [0, 0.1) is 11.8 Å². The highest BCUT2D eigenvalue weighted by atomic mass is 16.2. The van der Waals surface area contributed by atoms with Gasteiger partial charge >= 0.3 is 0 Å². The van der Waals surface area contributed by atoms with E-state index in [1.165, 1.54) is 12.8 Å². The first-order valence-electron chi connectivity index (χ1n) is 6.40. The minimum Gasteiger partial charge on any atom is -0.339 e. The molecule has 0 radical (unpaired) electrons. The van der Waals surface area contributed by atoms with E-state index >= 15 is 0 Å². The monoisotopic (exact) mass is 223 g/mol. The predicted octanol–water partition coefficient (Wildman–Crippen LogP) is 2.00. The minimum absolute atomic E-state index is 0.0576. The summed E-state index contributed by atoms with van der Waals surface area (Å²) in [6.07, 6.45) is 4.30. The minimum atomic E-state index is 0.0576. The molecule has 16 heavy (non-hydrogen) atoms. The van der Waals surface area contributed by atoms with Gasteiger partial charge in [-0.25, -0.2) is 0 Å². The number of ketones is 1. The van der Waals surface area contributed by atoms with E-state index in [0.717, 1.165) is 6.42 Å². The Bertz CT molecular complexity index is 300. The molecule has 1 heterocycles. The van der Waals surface area contributed by atoms with Crippen molar-refractivity contribution in [2.24, 2.45) is 11.8 Å². The molecule has 2 aliphatic rings. The van der Waals surface area contributed by atoms with Crippen LogP contribution in [0.5, 0.6) is 0 Å². The number of carbonyl (C=O) groups excluding carboxylic acids is 2. The molecule has 0 bridgehead atoms. The van der Waals surface area contributed by atoms with Gasteiger partial charge in [0.05, 0.1) is 6.42 Å². The third-order valence-electron chi connectivity index (χ3n) is 4.36. The number of amides is 1. The molecule has 90 valence electrons. The first kappa shape index (κ1) is 11.6. The van der Waals surface area contributed by atoms with Gasteiger partial charge in [0.1, 0.15) is 5.78 Å². The fraction of sp³-hybridized carbons (Fsp3) is 0.846. The zero-order valence-electron chi connectivity index (χ0n) is 10.2. The van der Waals surface area contributed by atoms with Crippen molar-refractivity contribution >= 4 is 11.7 Å². The van der Waals surface area contributed by atoms with Crippen molar-refractivity contribution in [3.8, 4) is 0 Å². The Morgan fingerprint density at radius 2 is 1.94 bits per heavy atom. The van der Waals surface area contributed by atoms with Gasteiger partial charge in [-0.15, -0.1) is 0 Å². The third-order valence-corrected chi connectivity index (χ3v) is 4.36. The van der Waals surface area contributed by atoms with E-state index in [9.17, 15) is 9.59 Å². The zero-order valence-corrected chi connectivity index (χ0v) is 10.2. The summed E-state index contributed by atoms with van der Waals surface area (Å²) in [6.45, 7) is 5.17. The Morgan fingerprint density at radius 3 is 2.62 bits per heavy atom. The van der Waals surface area contributed by atoms with E-state index in [4.69, 9.17) is 0 Å². The van der Waals surface area contributed by atoms with E-state index < -0.39 is 0 Å². The summed E-state index contributed by atoms with van der Waals surface area (Å²) in [6, 6.07) is 0.379. The Morgan fingerprint density at radius 1 is 1.19 bits per heavy atom. The first-order chi connectivity index (χ1) is 7.59. The Kier molecular flexibility index (Phi) is 3.31. The lowest BCUT2D eigenvalue weighted by Gasteiger charge is -2.42. The van der Waals surface area contributed by atoms with E-state index in [1.807, 2.05) is 4.90 Å². The molecule has 3 unspecified atom stereocenters. The molecule has 3 nitrogen and oxygen atoms in total. The Hall–Kier alpha value is -0.860. The summed E-state index contributed by atoms with van der Waals surface area (Å²) in [7, 11) is 0.